The van der Waals surface area contributed by atoms with Crippen molar-refractivity contribution < 1.29 is 27.8 Å². The van der Waals surface area contributed by atoms with Crippen molar-refractivity contribution >= 4 is 34.1 Å². The smallest absolute Gasteiger partial charge is 0.325 e. The van der Waals surface area contributed by atoms with Crippen molar-refractivity contribution in [2.45, 2.75) is 13.3 Å². The van der Waals surface area contributed by atoms with Gasteiger partial charge in [-0.25, -0.2) is 18.6 Å². The lowest BCUT2D eigenvalue weighted by atomic mass is 10.2. The van der Waals surface area contributed by atoms with E-state index in [0.29, 0.717) is 12.2 Å². The molecule has 0 unspecified atom stereocenters. The Morgan fingerprint density at radius 2 is 1.94 bits per heavy atom. The van der Waals surface area contributed by atoms with Crippen LogP contribution in [0.25, 0.3) is 0 Å². The first-order valence-electron chi connectivity index (χ1n) is 9.48. The van der Waals surface area contributed by atoms with E-state index in [1.165, 1.54) is 31.4 Å². The molecule has 1 aromatic heterocycles. The van der Waals surface area contributed by atoms with E-state index < -0.39 is 17.7 Å². The number of benzene rings is 2. The monoisotopic (exact) mass is 462 g/mol. The molecule has 0 radical (unpaired) electrons. The number of hydrogen-bond donors (Lipinski definition) is 3. The van der Waals surface area contributed by atoms with E-state index in [9.17, 15) is 18.4 Å². The molecular formula is C21H20F2N4O4S. The van der Waals surface area contributed by atoms with E-state index >= 15 is 0 Å². The standard InChI is InChI=1S/C21H20F2N4O4S/c1-3-24-18(28)10-13-11-32-21(25-13)27-20(29)26-15-9-12(22)7-8-16(15)31-19-14(23)5-4-6-17(19)30-2/h4-9,11H,3,10H2,1-2H3,(H,24,28)(H2,25,26,27,29). The lowest BCUT2D eigenvalue weighted by molar-refractivity contribution is -0.120. The molecule has 3 amide bonds. The summed E-state index contributed by atoms with van der Waals surface area (Å²) in [5, 5.41) is 9.52. The van der Waals surface area contributed by atoms with Crippen LogP contribution in [0.2, 0.25) is 0 Å². The molecule has 0 aliphatic heterocycles. The van der Waals surface area contributed by atoms with Crippen LogP contribution < -0.4 is 25.4 Å². The minimum absolute atomic E-state index is 0.000939. The van der Waals surface area contributed by atoms with Gasteiger partial charge in [-0.2, -0.15) is 0 Å². The summed E-state index contributed by atoms with van der Waals surface area (Å²) in [7, 11) is 1.35. The maximum atomic E-state index is 14.2. The predicted octanol–water partition coefficient (Wildman–Crippen LogP) is 4.54. The van der Waals surface area contributed by atoms with Crippen LogP contribution in [0.5, 0.6) is 17.2 Å². The highest BCUT2D eigenvalue weighted by atomic mass is 32.1. The third-order valence-corrected chi connectivity index (χ3v) is 4.85. The number of nitrogens with zero attached hydrogens (tertiary/aromatic N) is 1. The highest BCUT2D eigenvalue weighted by molar-refractivity contribution is 7.14. The fourth-order valence-electron chi connectivity index (χ4n) is 2.67. The number of nitrogens with one attached hydrogen (secondary N) is 3. The first kappa shape index (κ1) is 22.9. The summed E-state index contributed by atoms with van der Waals surface area (Å²) in [6.45, 7) is 2.32. The molecule has 0 bridgehead atoms. The number of anilines is 2. The van der Waals surface area contributed by atoms with Crippen LogP contribution in [0.3, 0.4) is 0 Å². The summed E-state index contributed by atoms with van der Waals surface area (Å²) in [6.07, 6.45) is 0.0833. The number of amides is 3. The first-order chi connectivity index (χ1) is 15.4. The molecular weight excluding hydrogens is 442 g/mol. The molecule has 0 aliphatic carbocycles. The van der Waals surface area contributed by atoms with Gasteiger partial charge in [0.2, 0.25) is 11.7 Å². The fraction of sp³-hybridized carbons (Fsp3) is 0.190. The second kappa shape index (κ2) is 10.5. The van der Waals surface area contributed by atoms with Crippen LogP contribution in [0.15, 0.2) is 41.8 Å². The summed E-state index contributed by atoms with van der Waals surface area (Å²) in [4.78, 5) is 28.2. The van der Waals surface area contributed by atoms with Gasteiger partial charge >= 0.3 is 6.03 Å². The molecule has 0 fully saturated rings. The molecule has 3 rings (SSSR count). The molecule has 3 aromatic rings. The number of rotatable bonds is 8. The molecule has 0 saturated heterocycles. The molecule has 32 heavy (non-hydrogen) atoms. The minimum Gasteiger partial charge on any atom is -0.493 e. The van der Waals surface area contributed by atoms with Crippen molar-refractivity contribution in [2.75, 3.05) is 24.3 Å². The Morgan fingerprint density at radius 3 is 2.69 bits per heavy atom. The lowest BCUT2D eigenvalue weighted by Gasteiger charge is -2.15. The number of thiazole rings is 1. The van der Waals surface area contributed by atoms with Gasteiger partial charge in [0.1, 0.15) is 5.82 Å². The van der Waals surface area contributed by atoms with Crippen LogP contribution in [-0.4, -0.2) is 30.6 Å². The number of likely N-dealkylation sites (N-methyl/N-ethyl adjacent to an activating group) is 1. The largest absolute Gasteiger partial charge is 0.493 e. The fourth-order valence-corrected chi connectivity index (χ4v) is 3.37. The molecule has 168 valence electrons. The maximum Gasteiger partial charge on any atom is 0.325 e. The van der Waals surface area contributed by atoms with Gasteiger partial charge in [-0.3, -0.25) is 10.1 Å². The summed E-state index contributed by atoms with van der Waals surface area (Å²) >= 11 is 1.13. The van der Waals surface area contributed by atoms with Crippen molar-refractivity contribution in [1.29, 1.82) is 0 Å². The highest BCUT2D eigenvalue weighted by Gasteiger charge is 2.17. The molecule has 11 heteroatoms. The van der Waals surface area contributed by atoms with Crippen molar-refractivity contribution in [3.63, 3.8) is 0 Å². The number of methoxy groups -OCH3 is 1. The van der Waals surface area contributed by atoms with Crippen LogP contribution in [0, 0.1) is 11.6 Å². The molecule has 2 aromatic carbocycles. The van der Waals surface area contributed by atoms with E-state index in [0.717, 1.165) is 23.5 Å². The lowest BCUT2D eigenvalue weighted by Crippen LogP contribution is -2.24. The zero-order chi connectivity index (χ0) is 23.1. The SMILES string of the molecule is CCNC(=O)Cc1csc(NC(=O)Nc2cc(F)ccc2Oc2c(F)cccc2OC)n1. The van der Waals surface area contributed by atoms with Crippen molar-refractivity contribution in [2.24, 2.45) is 0 Å². The van der Waals surface area contributed by atoms with Crippen LogP contribution in [0.1, 0.15) is 12.6 Å². The van der Waals surface area contributed by atoms with E-state index in [4.69, 9.17) is 9.47 Å². The van der Waals surface area contributed by atoms with Crippen molar-refractivity contribution in [3.05, 3.63) is 59.1 Å². The molecule has 0 atom stereocenters. The zero-order valence-electron chi connectivity index (χ0n) is 17.2. The van der Waals surface area contributed by atoms with Gasteiger partial charge < -0.3 is 20.1 Å². The maximum absolute atomic E-state index is 14.2. The van der Waals surface area contributed by atoms with Gasteiger partial charge in [0.15, 0.2) is 22.4 Å². The number of urea groups is 1. The summed E-state index contributed by atoms with van der Waals surface area (Å²) in [5.74, 6) is -1.58. The van der Waals surface area contributed by atoms with Gasteiger partial charge in [0.05, 0.1) is 24.9 Å². The number of carbonyl (C=O) groups excluding carboxylic acids is 2. The molecule has 8 nitrogen and oxygen atoms in total. The Hall–Kier alpha value is -3.73. The van der Waals surface area contributed by atoms with Crippen LogP contribution >= 0.6 is 11.3 Å². The summed E-state index contributed by atoms with van der Waals surface area (Å²) < 4.78 is 38.7. The van der Waals surface area contributed by atoms with E-state index in [-0.39, 0.29) is 40.4 Å². The normalized spacial score (nSPS) is 10.4. The van der Waals surface area contributed by atoms with Gasteiger partial charge in [-0.05, 0) is 31.2 Å². The number of para-hydroxylation sites is 1. The summed E-state index contributed by atoms with van der Waals surface area (Å²) in [6, 6.07) is 6.81. The van der Waals surface area contributed by atoms with Crippen LogP contribution in [0.4, 0.5) is 24.4 Å². The second-order valence-electron chi connectivity index (χ2n) is 6.37. The van der Waals surface area contributed by atoms with Crippen LogP contribution in [-0.2, 0) is 11.2 Å². The average molecular weight is 462 g/mol. The first-order valence-corrected chi connectivity index (χ1v) is 10.4. The van der Waals surface area contributed by atoms with Gasteiger partial charge in [-0.1, -0.05) is 6.07 Å². The Balaban J connectivity index is 1.73. The number of ether oxygens (including phenoxy) is 2. The Bertz CT molecular complexity index is 1120. The van der Waals surface area contributed by atoms with Crippen molar-refractivity contribution in [1.82, 2.24) is 10.3 Å². The Kier molecular flexibility index (Phi) is 7.55. The van der Waals surface area contributed by atoms with Gasteiger partial charge in [0.25, 0.3) is 0 Å². The van der Waals surface area contributed by atoms with Crippen molar-refractivity contribution in [3.8, 4) is 17.2 Å². The number of halogens is 2. The topological polar surface area (TPSA) is 102 Å². The number of aromatic nitrogens is 1. The summed E-state index contributed by atoms with van der Waals surface area (Å²) in [5.41, 5.74) is 0.463. The van der Waals surface area contributed by atoms with Gasteiger partial charge in [-0.15, -0.1) is 11.3 Å². The highest BCUT2D eigenvalue weighted by Crippen LogP contribution is 2.37. The Morgan fingerprint density at radius 1 is 1.12 bits per heavy atom. The second-order valence-corrected chi connectivity index (χ2v) is 7.23. The molecule has 0 saturated carbocycles. The van der Waals surface area contributed by atoms with E-state index in [1.807, 2.05) is 6.92 Å². The number of carbonyl (C=O) groups is 2. The third-order valence-electron chi connectivity index (χ3n) is 4.04. The zero-order valence-corrected chi connectivity index (χ0v) is 18.0. The van der Waals surface area contributed by atoms with E-state index in [1.54, 1.807) is 5.38 Å². The quantitative estimate of drug-likeness (QED) is 0.456. The predicted molar refractivity (Wildman–Crippen MR) is 117 cm³/mol. The van der Waals surface area contributed by atoms with Gasteiger partial charge in [0, 0.05) is 18.0 Å². The van der Waals surface area contributed by atoms with E-state index in [2.05, 4.69) is 20.9 Å². The number of hydrogen-bond acceptors (Lipinski definition) is 6. The molecule has 3 N–H and O–H groups in total. The molecule has 0 aliphatic rings. The molecule has 0 spiro atoms. The average Bonchev–Trinajstić information content (AvgIpc) is 3.17. The Labute approximate surface area is 186 Å². The molecule has 1 heterocycles. The third kappa shape index (κ3) is 5.91. The minimum atomic E-state index is -0.722.